The molecule has 0 radical (unpaired) electrons. The van der Waals surface area contributed by atoms with Gasteiger partial charge in [0.05, 0.1) is 5.88 Å². The van der Waals surface area contributed by atoms with Crippen molar-refractivity contribution in [3.63, 3.8) is 0 Å². The van der Waals surface area contributed by atoms with Gasteiger partial charge in [-0.3, -0.25) is 0 Å². The van der Waals surface area contributed by atoms with E-state index in [4.69, 9.17) is 23.2 Å². The molecule has 1 nitrogen and oxygen atoms in total. The topological polar surface area (TPSA) is 3.24 Å². The molecular formula is C15H21Cl2N. The molecule has 1 aromatic carbocycles. The van der Waals surface area contributed by atoms with Gasteiger partial charge in [0.1, 0.15) is 0 Å². The Balaban J connectivity index is 2.17. The Morgan fingerprint density at radius 3 is 2.50 bits per heavy atom. The minimum atomic E-state index is 0.483. The first-order valence-electron chi connectivity index (χ1n) is 6.68. The predicted octanol–water partition coefficient (Wildman–Crippen LogP) is 5.10. The van der Waals surface area contributed by atoms with Crippen LogP contribution in [-0.2, 0) is 5.88 Å². The lowest BCUT2D eigenvalue weighted by atomic mass is 9.78. The van der Waals surface area contributed by atoms with Crippen molar-refractivity contribution in [3.05, 3.63) is 28.8 Å². The van der Waals surface area contributed by atoms with Crippen LogP contribution in [0.4, 0.5) is 5.69 Å². The molecule has 1 aliphatic heterocycles. The number of rotatable bonds is 3. The van der Waals surface area contributed by atoms with Crippen LogP contribution in [0, 0.1) is 5.41 Å². The maximum absolute atomic E-state index is 6.22. The van der Waals surface area contributed by atoms with Gasteiger partial charge in [-0.05, 0) is 30.4 Å². The SMILES string of the molecule is CCC1(C)CCN(c2cccc(Cl)c2CCl)CC1. The monoisotopic (exact) mass is 285 g/mol. The first-order chi connectivity index (χ1) is 8.59. The highest BCUT2D eigenvalue weighted by molar-refractivity contribution is 6.32. The van der Waals surface area contributed by atoms with Crippen LogP contribution in [-0.4, -0.2) is 13.1 Å². The summed E-state index contributed by atoms with van der Waals surface area (Å²) in [5.74, 6) is 0.483. The van der Waals surface area contributed by atoms with Gasteiger partial charge in [0.25, 0.3) is 0 Å². The molecule has 1 fully saturated rings. The molecule has 1 aliphatic rings. The van der Waals surface area contributed by atoms with Crippen LogP contribution < -0.4 is 4.90 Å². The zero-order valence-electron chi connectivity index (χ0n) is 11.2. The second-order valence-corrected chi connectivity index (χ2v) is 6.20. The van der Waals surface area contributed by atoms with Gasteiger partial charge in [-0.2, -0.15) is 0 Å². The van der Waals surface area contributed by atoms with Crippen LogP contribution in [0.1, 0.15) is 38.7 Å². The van der Waals surface area contributed by atoms with E-state index < -0.39 is 0 Å². The summed E-state index contributed by atoms with van der Waals surface area (Å²) in [5.41, 5.74) is 2.80. The van der Waals surface area contributed by atoms with Gasteiger partial charge in [-0.25, -0.2) is 0 Å². The summed E-state index contributed by atoms with van der Waals surface area (Å²) in [5, 5.41) is 0.784. The first-order valence-corrected chi connectivity index (χ1v) is 7.59. The molecule has 0 aromatic heterocycles. The van der Waals surface area contributed by atoms with Gasteiger partial charge in [0, 0.05) is 29.4 Å². The zero-order valence-corrected chi connectivity index (χ0v) is 12.7. The van der Waals surface area contributed by atoms with E-state index in [1.54, 1.807) is 0 Å². The first kappa shape index (κ1) is 14.0. The summed E-state index contributed by atoms with van der Waals surface area (Å²) in [6.45, 7) is 6.90. The minimum Gasteiger partial charge on any atom is -0.371 e. The summed E-state index contributed by atoms with van der Waals surface area (Å²) >= 11 is 12.2. The quantitative estimate of drug-likeness (QED) is 0.699. The van der Waals surface area contributed by atoms with E-state index in [2.05, 4.69) is 24.8 Å². The number of benzene rings is 1. The summed E-state index contributed by atoms with van der Waals surface area (Å²) in [6, 6.07) is 6.07. The van der Waals surface area contributed by atoms with E-state index >= 15 is 0 Å². The van der Waals surface area contributed by atoms with Crippen molar-refractivity contribution in [1.82, 2.24) is 0 Å². The Bertz CT molecular complexity index is 409. The second-order valence-electron chi connectivity index (χ2n) is 5.52. The second kappa shape index (κ2) is 5.71. The molecule has 3 heteroatoms. The van der Waals surface area contributed by atoms with Crippen molar-refractivity contribution in [2.75, 3.05) is 18.0 Å². The fourth-order valence-electron chi connectivity index (χ4n) is 2.62. The van der Waals surface area contributed by atoms with Gasteiger partial charge in [0.15, 0.2) is 0 Å². The molecule has 1 saturated heterocycles. The van der Waals surface area contributed by atoms with Crippen LogP contribution in [0.25, 0.3) is 0 Å². The number of hydrogen-bond acceptors (Lipinski definition) is 1. The van der Waals surface area contributed by atoms with Gasteiger partial charge in [-0.15, -0.1) is 11.6 Å². The Morgan fingerprint density at radius 2 is 1.94 bits per heavy atom. The number of hydrogen-bond donors (Lipinski definition) is 0. The molecule has 0 spiro atoms. The largest absolute Gasteiger partial charge is 0.371 e. The molecule has 18 heavy (non-hydrogen) atoms. The lowest BCUT2D eigenvalue weighted by Crippen LogP contribution is -2.38. The zero-order chi connectivity index (χ0) is 13.2. The van der Waals surface area contributed by atoms with E-state index in [-0.39, 0.29) is 0 Å². The molecule has 100 valence electrons. The molecule has 0 N–H and O–H groups in total. The van der Waals surface area contributed by atoms with E-state index in [1.165, 1.54) is 24.9 Å². The smallest absolute Gasteiger partial charge is 0.0509 e. The Kier molecular flexibility index (Phi) is 4.45. The Labute approximate surface area is 120 Å². The third-order valence-electron chi connectivity index (χ3n) is 4.39. The molecule has 0 unspecified atom stereocenters. The van der Waals surface area contributed by atoms with Crippen LogP contribution >= 0.6 is 23.2 Å². The van der Waals surface area contributed by atoms with Crippen LogP contribution in [0.2, 0.25) is 5.02 Å². The maximum atomic E-state index is 6.22. The molecule has 0 atom stereocenters. The standard InChI is InChI=1S/C15H21Cl2N/c1-3-15(2)7-9-18(10-8-15)14-6-4-5-13(17)12(14)11-16/h4-6H,3,7-11H2,1-2H3. The summed E-state index contributed by atoms with van der Waals surface area (Å²) in [4.78, 5) is 2.43. The number of nitrogens with zero attached hydrogens (tertiary/aromatic N) is 1. The summed E-state index contributed by atoms with van der Waals surface area (Å²) < 4.78 is 0. The number of alkyl halides is 1. The number of piperidine rings is 1. The van der Waals surface area contributed by atoms with Gasteiger partial charge >= 0.3 is 0 Å². The van der Waals surface area contributed by atoms with Gasteiger partial charge in [0.2, 0.25) is 0 Å². The maximum Gasteiger partial charge on any atom is 0.0509 e. The fraction of sp³-hybridized carbons (Fsp3) is 0.600. The van der Waals surface area contributed by atoms with Crippen molar-refractivity contribution in [1.29, 1.82) is 0 Å². The molecule has 1 heterocycles. The molecule has 0 saturated carbocycles. The molecule has 0 bridgehead atoms. The van der Waals surface area contributed by atoms with Crippen LogP contribution in [0.3, 0.4) is 0 Å². The number of halogens is 2. The molecule has 0 amide bonds. The van der Waals surface area contributed by atoms with E-state index in [0.29, 0.717) is 11.3 Å². The average molecular weight is 286 g/mol. The van der Waals surface area contributed by atoms with E-state index in [0.717, 1.165) is 23.7 Å². The van der Waals surface area contributed by atoms with Crippen LogP contribution in [0.5, 0.6) is 0 Å². The van der Waals surface area contributed by atoms with Crippen molar-refractivity contribution in [2.45, 2.75) is 39.0 Å². The molecule has 0 aliphatic carbocycles. The normalized spacial score (nSPS) is 19.0. The van der Waals surface area contributed by atoms with Crippen LogP contribution in [0.15, 0.2) is 18.2 Å². The fourth-order valence-corrected chi connectivity index (χ4v) is 3.20. The highest BCUT2D eigenvalue weighted by atomic mass is 35.5. The highest BCUT2D eigenvalue weighted by Crippen LogP contribution is 2.37. The van der Waals surface area contributed by atoms with Crippen molar-refractivity contribution >= 4 is 28.9 Å². The average Bonchev–Trinajstić information content (AvgIpc) is 2.39. The highest BCUT2D eigenvalue weighted by Gasteiger charge is 2.29. The van der Waals surface area contributed by atoms with Gasteiger partial charge < -0.3 is 4.90 Å². The predicted molar refractivity (Wildman–Crippen MR) is 80.9 cm³/mol. The molecule has 1 aromatic rings. The lowest BCUT2D eigenvalue weighted by Gasteiger charge is -2.40. The molecular weight excluding hydrogens is 265 g/mol. The third kappa shape index (κ3) is 2.78. The summed E-state index contributed by atoms with van der Waals surface area (Å²) in [6.07, 6.45) is 3.76. The minimum absolute atomic E-state index is 0.483. The van der Waals surface area contributed by atoms with Gasteiger partial charge in [-0.1, -0.05) is 37.9 Å². The van der Waals surface area contributed by atoms with Crippen molar-refractivity contribution in [2.24, 2.45) is 5.41 Å². The van der Waals surface area contributed by atoms with Crippen molar-refractivity contribution in [3.8, 4) is 0 Å². The van der Waals surface area contributed by atoms with Crippen molar-refractivity contribution < 1.29 is 0 Å². The van der Waals surface area contributed by atoms with E-state index in [1.807, 2.05) is 12.1 Å². The van der Waals surface area contributed by atoms with E-state index in [9.17, 15) is 0 Å². The summed E-state index contributed by atoms with van der Waals surface area (Å²) in [7, 11) is 0. The Morgan fingerprint density at radius 1 is 1.28 bits per heavy atom. The number of anilines is 1. The third-order valence-corrected chi connectivity index (χ3v) is 5.01. The Hall–Kier alpha value is -0.400. The molecule has 2 rings (SSSR count). The lowest BCUT2D eigenvalue weighted by molar-refractivity contribution is 0.238.